The zero-order valence-electron chi connectivity index (χ0n) is 21.4. The van der Waals surface area contributed by atoms with Crippen LogP contribution in [0.15, 0.2) is 140 Å². The van der Waals surface area contributed by atoms with Gasteiger partial charge in [0.05, 0.1) is 11.0 Å². The number of rotatable bonds is 5. The Bertz CT molecular complexity index is 2090. The maximum absolute atomic E-state index is 7.87. The summed E-state index contributed by atoms with van der Waals surface area (Å²) in [5.41, 5.74) is 7.78. The number of fused-ring (bicyclic) bond motifs is 6. The quantitative estimate of drug-likeness (QED) is 0.181. The molecule has 0 radical (unpaired) electrons. The Balaban J connectivity index is 1.58. The SMILES string of the molecule is C=C/C=C(\C=N)c1ccc2c(ccc3c4ccc(-c5ccccc5)cc4n(-c4ccc5ccccc5c4)c23)c1. The fourth-order valence-electron chi connectivity index (χ4n) is 5.76. The molecule has 1 aromatic heterocycles. The summed E-state index contributed by atoms with van der Waals surface area (Å²) in [6, 6.07) is 43.5. The lowest BCUT2D eigenvalue weighted by molar-refractivity contribution is 1.19. The van der Waals surface area contributed by atoms with Crippen LogP contribution in [0.4, 0.5) is 0 Å². The Hall–Kier alpha value is -5.21. The number of nitrogens with zero attached hydrogens (tertiary/aromatic N) is 1. The minimum absolute atomic E-state index is 0.842. The Morgan fingerprint density at radius 1 is 0.615 bits per heavy atom. The van der Waals surface area contributed by atoms with Crippen LogP contribution >= 0.6 is 0 Å². The molecule has 1 heterocycles. The van der Waals surface area contributed by atoms with Crippen LogP contribution in [-0.4, -0.2) is 10.8 Å². The highest BCUT2D eigenvalue weighted by Gasteiger charge is 2.17. The first kappa shape index (κ1) is 22.9. The summed E-state index contributed by atoms with van der Waals surface area (Å²) in [4.78, 5) is 0. The zero-order chi connectivity index (χ0) is 26.3. The molecule has 0 atom stereocenters. The van der Waals surface area contributed by atoms with Crippen LogP contribution in [0.3, 0.4) is 0 Å². The van der Waals surface area contributed by atoms with Gasteiger partial charge in [-0.1, -0.05) is 116 Å². The first-order valence-electron chi connectivity index (χ1n) is 13.1. The fraction of sp³-hybridized carbons (Fsp3) is 0. The summed E-state index contributed by atoms with van der Waals surface area (Å²) in [7, 11) is 0. The first-order chi connectivity index (χ1) is 19.2. The van der Waals surface area contributed by atoms with Crippen molar-refractivity contribution in [3.63, 3.8) is 0 Å². The average molecular weight is 499 g/mol. The molecule has 0 amide bonds. The molecule has 2 nitrogen and oxygen atoms in total. The Morgan fingerprint density at radius 2 is 1.36 bits per heavy atom. The maximum Gasteiger partial charge on any atom is 0.0619 e. The molecule has 7 aromatic rings. The van der Waals surface area contributed by atoms with Gasteiger partial charge < -0.3 is 9.98 Å². The van der Waals surface area contributed by atoms with E-state index in [1.54, 1.807) is 6.08 Å². The molecule has 0 aliphatic carbocycles. The first-order valence-corrected chi connectivity index (χ1v) is 13.1. The molecule has 1 N–H and O–H groups in total. The molecule has 0 fully saturated rings. The minimum atomic E-state index is 0.842. The highest BCUT2D eigenvalue weighted by atomic mass is 15.0. The van der Waals surface area contributed by atoms with Crippen LogP contribution in [0.1, 0.15) is 5.56 Å². The molecule has 39 heavy (non-hydrogen) atoms. The van der Waals surface area contributed by atoms with E-state index in [0.29, 0.717) is 0 Å². The molecule has 0 aliphatic rings. The Morgan fingerprint density at radius 3 is 2.18 bits per heavy atom. The van der Waals surface area contributed by atoms with Crippen LogP contribution in [-0.2, 0) is 0 Å². The number of allylic oxidation sites excluding steroid dienone is 3. The van der Waals surface area contributed by atoms with Crippen LogP contribution in [0, 0.1) is 5.41 Å². The molecule has 7 rings (SSSR count). The van der Waals surface area contributed by atoms with Crippen molar-refractivity contribution in [2.75, 3.05) is 0 Å². The van der Waals surface area contributed by atoms with Crippen LogP contribution in [0.5, 0.6) is 0 Å². The van der Waals surface area contributed by atoms with Gasteiger partial charge in [0.25, 0.3) is 0 Å². The van der Waals surface area contributed by atoms with Gasteiger partial charge in [0.1, 0.15) is 0 Å². The number of hydrogen-bond acceptors (Lipinski definition) is 1. The molecule has 0 saturated heterocycles. The number of benzene rings is 6. The predicted molar refractivity (Wildman–Crippen MR) is 168 cm³/mol. The zero-order valence-corrected chi connectivity index (χ0v) is 21.4. The average Bonchev–Trinajstić information content (AvgIpc) is 3.34. The van der Waals surface area contributed by atoms with Gasteiger partial charge >= 0.3 is 0 Å². The Kier molecular flexibility index (Phi) is 5.45. The second-order valence-electron chi connectivity index (χ2n) is 9.86. The van der Waals surface area contributed by atoms with E-state index in [4.69, 9.17) is 5.41 Å². The molecule has 184 valence electrons. The van der Waals surface area contributed by atoms with Gasteiger partial charge in [-0.15, -0.1) is 0 Å². The van der Waals surface area contributed by atoms with E-state index in [-0.39, 0.29) is 0 Å². The minimum Gasteiger partial charge on any atom is -0.309 e. The number of aromatic nitrogens is 1. The summed E-state index contributed by atoms with van der Waals surface area (Å²) in [6.07, 6.45) is 5.00. The van der Waals surface area contributed by atoms with Crippen LogP contribution < -0.4 is 0 Å². The smallest absolute Gasteiger partial charge is 0.0619 e. The summed E-state index contributed by atoms with van der Waals surface area (Å²) in [6.45, 7) is 3.81. The van der Waals surface area contributed by atoms with Gasteiger partial charge in [0.2, 0.25) is 0 Å². The van der Waals surface area contributed by atoms with E-state index < -0.39 is 0 Å². The van der Waals surface area contributed by atoms with Gasteiger partial charge in [-0.05, 0) is 62.7 Å². The Labute approximate surface area is 227 Å². The molecule has 0 saturated carbocycles. The molecule has 2 heteroatoms. The molecule has 6 aromatic carbocycles. The highest BCUT2D eigenvalue weighted by molar-refractivity contribution is 6.20. The monoisotopic (exact) mass is 498 g/mol. The van der Waals surface area contributed by atoms with Crippen LogP contribution in [0.2, 0.25) is 0 Å². The molecule has 0 aliphatic heterocycles. The van der Waals surface area contributed by atoms with Gasteiger partial charge in [0.15, 0.2) is 0 Å². The van der Waals surface area contributed by atoms with Gasteiger partial charge in [-0.25, -0.2) is 0 Å². The summed E-state index contributed by atoms with van der Waals surface area (Å²) in [5, 5.41) is 15.1. The fourth-order valence-corrected chi connectivity index (χ4v) is 5.76. The summed E-state index contributed by atoms with van der Waals surface area (Å²) < 4.78 is 2.42. The summed E-state index contributed by atoms with van der Waals surface area (Å²) in [5.74, 6) is 0. The normalized spacial score (nSPS) is 11.9. The predicted octanol–water partition coefficient (Wildman–Crippen LogP) is 9.98. The van der Waals surface area contributed by atoms with Gasteiger partial charge in [0, 0.05) is 28.1 Å². The van der Waals surface area contributed by atoms with E-state index in [1.807, 2.05) is 6.08 Å². The van der Waals surface area contributed by atoms with Crippen molar-refractivity contribution in [1.29, 1.82) is 5.41 Å². The largest absolute Gasteiger partial charge is 0.309 e. The summed E-state index contributed by atoms with van der Waals surface area (Å²) >= 11 is 0. The third-order valence-corrected chi connectivity index (χ3v) is 7.63. The third-order valence-electron chi connectivity index (χ3n) is 7.63. The van der Waals surface area contributed by atoms with Crippen molar-refractivity contribution in [3.8, 4) is 16.8 Å². The second kappa shape index (κ2) is 9.27. The maximum atomic E-state index is 7.87. The van der Waals surface area contributed by atoms with E-state index in [0.717, 1.165) is 22.2 Å². The molecule has 0 spiro atoms. The molecular weight excluding hydrogens is 472 g/mol. The van der Waals surface area contributed by atoms with Gasteiger partial charge in [-0.2, -0.15) is 0 Å². The van der Waals surface area contributed by atoms with Crippen molar-refractivity contribution in [1.82, 2.24) is 4.57 Å². The molecule has 0 bridgehead atoms. The molecular formula is C37H26N2. The van der Waals surface area contributed by atoms with E-state index in [2.05, 4.69) is 132 Å². The van der Waals surface area contributed by atoms with E-state index >= 15 is 0 Å². The van der Waals surface area contributed by atoms with Crippen molar-refractivity contribution in [3.05, 3.63) is 146 Å². The van der Waals surface area contributed by atoms with Crippen molar-refractivity contribution in [2.45, 2.75) is 0 Å². The lowest BCUT2D eigenvalue weighted by atomic mass is 9.99. The lowest BCUT2D eigenvalue weighted by Crippen LogP contribution is -1.95. The highest BCUT2D eigenvalue weighted by Crippen LogP contribution is 2.39. The van der Waals surface area contributed by atoms with Crippen molar-refractivity contribution >= 4 is 55.1 Å². The van der Waals surface area contributed by atoms with Gasteiger partial charge in [-0.3, -0.25) is 0 Å². The van der Waals surface area contributed by atoms with Crippen molar-refractivity contribution in [2.24, 2.45) is 0 Å². The second-order valence-corrected chi connectivity index (χ2v) is 9.86. The van der Waals surface area contributed by atoms with E-state index in [9.17, 15) is 0 Å². The standard InChI is InChI=1S/C37H26N2/c1-2-8-31(24-38)28-14-18-33-30(21-28)16-20-35-34-19-15-29(25-9-4-3-5-10-25)23-36(34)39(37(33)35)32-17-13-26-11-6-7-12-27(26)22-32/h2-24,38H,1H2/b31-8+,38-24?. The van der Waals surface area contributed by atoms with E-state index in [1.165, 1.54) is 55.3 Å². The third kappa shape index (κ3) is 3.77. The molecule has 0 unspecified atom stereocenters. The number of hydrogen-bond donors (Lipinski definition) is 1. The lowest BCUT2D eigenvalue weighted by Gasteiger charge is -2.12. The van der Waals surface area contributed by atoms with Crippen LogP contribution in [0.25, 0.3) is 65.7 Å². The topological polar surface area (TPSA) is 28.8 Å². The van der Waals surface area contributed by atoms with Crippen molar-refractivity contribution < 1.29 is 0 Å². The number of nitrogens with one attached hydrogen (secondary N) is 1.